The molecule has 2 aromatic carbocycles. The number of benzene rings is 2. The van der Waals surface area contributed by atoms with E-state index in [1.165, 1.54) is 39.0 Å². The monoisotopic (exact) mass is 532 g/mol. The molecule has 0 saturated carbocycles. The highest BCUT2D eigenvalue weighted by Gasteiger charge is 2.10. The average molecular weight is 533 g/mol. The van der Waals surface area contributed by atoms with Gasteiger partial charge in [-0.05, 0) is 85.1 Å². The molecule has 3 heteroatoms. The molecular formula is C37H44N2O. The molecule has 5 rings (SSSR count). The van der Waals surface area contributed by atoms with Crippen LogP contribution in [0.3, 0.4) is 0 Å². The van der Waals surface area contributed by atoms with Crippen molar-refractivity contribution >= 4 is 22.5 Å². The fraction of sp³-hybridized carbons (Fsp3) is 0.324. The van der Waals surface area contributed by atoms with Gasteiger partial charge < -0.3 is 4.79 Å². The lowest BCUT2D eigenvalue weighted by Gasteiger charge is -2.05. The zero-order chi connectivity index (χ0) is 29.3. The summed E-state index contributed by atoms with van der Waals surface area (Å²) in [4.78, 5) is 18.4. The first kappa shape index (κ1) is 32.2. The molecule has 0 N–H and O–H groups in total. The zero-order valence-corrected chi connectivity index (χ0v) is 25.3. The second-order valence-electron chi connectivity index (χ2n) is 9.62. The summed E-state index contributed by atoms with van der Waals surface area (Å²) in [6.07, 6.45) is 14.9. The fourth-order valence-corrected chi connectivity index (χ4v) is 3.90. The number of allylic oxidation sites excluding steroid dienone is 6. The number of carbonyl (C=O) groups excluding carboxylic acids is 1. The maximum absolute atomic E-state index is 9.81. The first-order chi connectivity index (χ1) is 19.4. The molecular weight excluding hydrogens is 488 g/mol. The van der Waals surface area contributed by atoms with Crippen LogP contribution in [0.5, 0.6) is 0 Å². The van der Waals surface area contributed by atoms with E-state index in [0.717, 1.165) is 37.1 Å². The zero-order valence-electron chi connectivity index (χ0n) is 25.3. The molecule has 0 fully saturated rings. The van der Waals surface area contributed by atoms with E-state index >= 15 is 0 Å². The normalized spacial score (nSPS) is 13.1. The average Bonchev–Trinajstić information content (AvgIpc) is 3.33. The number of rotatable bonds is 4. The van der Waals surface area contributed by atoms with Gasteiger partial charge in [0.05, 0.1) is 0 Å². The van der Waals surface area contributed by atoms with Crippen molar-refractivity contribution in [2.24, 2.45) is 0 Å². The van der Waals surface area contributed by atoms with Gasteiger partial charge in [-0.1, -0.05) is 93.5 Å². The molecule has 1 heterocycles. The van der Waals surface area contributed by atoms with E-state index in [2.05, 4.69) is 102 Å². The van der Waals surface area contributed by atoms with Gasteiger partial charge in [0.1, 0.15) is 5.78 Å². The summed E-state index contributed by atoms with van der Waals surface area (Å²) in [5.41, 5.74) is 10.4. The van der Waals surface area contributed by atoms with Crippen LogP contribution in [0.2, 0.25) is 0 Å². The van der Waals surface area contributed by atoms with Crippen LogP contribution in [0.1, 0.15) is 93.4 Å². The van der Waals surface area contributed by atoms with Gasteiger partial charge in [-0.3, -0.25) is 0 Å². The van der Waals surface area contributed by atoms with Crippen LogP contribution in [-0.4, -0.2) is 15.8 Å². The second kappa shape index (κ2) is 17.5. The van der Waals surface area contributed by atoms with Crippen LogP contribution in [0.25, 0.3) is 16.7 Å². The predicted octanol–water partition coefficient (Wildman–Crippen LogP) is 9.54. The molecule has 2 aliphatic rings. The van der Waals surface area contributed by atoms with Gasteiger partial charge in [-0.25, -0.2) is 9.97 Å². The summed E-state index contributed by atoms with van der Waals surface area (Å²) in [7, 11) is 0. The van der Waals surface area contributed by atoms with Crippen molar-refractivity contribution in [1.82, 2.24) is 9.97 Å². The van der Waals surface area contributed by atoms with E-state index < -0.39 is 0 Å². The second-order valence-corrected chi connectivity index (χ2v) is 9.62. The fourth-order valence-electron chi connectivity index (χ4n) is 3.90. The number of aromatic nitrogens is 2. The van der Waals surface area contributed by atoms with Crippen molar-refractivity contribution in [1.29, 1.82) is 0 Å². The van der Waals surface area contributed by atoms with Crippen LogP contribution < -0.4 is 0 Å². The maximum atomic E-state index is 9.81. The minimum Gasteiger partial charge on any atom is -0.300 e. The molecule has 0 amide bonds. The molecule has 0 unspecified atom stereocenters. The number of carbonyl (C=O) groups is 1. The van der Waals surface area contributed by atoms with Crippen molar-refractivity contribution < 1.29 is 4.79 Å². The van der Waals surface area contributed by atoms with Crippen molar-refractivity contribution in [3.63, 3.8) is 0 Å². The number of nitrogens with zero attached hydrogens (tertiary/aromatic N) is 2. The number of hydrogen-bond acceptors (Lipinski definition) is 3. The van der Waals surface area contributed by atoms with Gasteiger partial charge in [0.25, 0.3) is 0 Å². The lowest BCUT2D eigenvalue weighted by Crippen LogP contribution is -1.94. The number of ketones is 1. The third kappa shape index (κ3) is 10.6. The minimum atomic E-state index is 0.255. The van der Waals surface area contributed by atoms with Gasteiger partial charge in [0.15, 0.2) is 5.82 Å². The van der Waals surface area contributed by atoms with Crippen molar-refractivity contribution in [2.45, 2.75) is 80.6 Å². The largest absolute Gasteiger partial charge is 0.300 e. The van der Waals surface area contributed by atoms with Crippen LogP contribution in [0.4, 0.5) is 0 Å². The third-order valence-corrected chi connectivity index (χ3v) is 6.52. The molecule has 3 nitrogen and oxygen atoms in total. The summed E-state index contributed by atoms with van der Waals surface area (Å²) in [6.45, 7) is 13.8. The van der Waals surface area contributed by atoms with E-state index in [1.54, 1.807) is 6.92 Å². The Morgan fingerprint density at radius 3 is 2.15 bits per heavy atom. The molecule has 0 atom stereocenters. The van der Waals surface area contributed by atoms with E-state index in [4.69, 9.17) is 0 Å². The lowest BCUT2D eigenvalue weighted by molar-refractivity contribution is -0.116. The first-order valence-electron chi connectivity index (χ1n) is 14.3. The summed E-state index contributed by atoms with van der Waals surface area (Å²) >= 11 is 0. The van der Waals surface area contributed by atoms with Crippen LogP contribution in [0.15, 0.2) is 79.2 Å². The number of aryl methyl sites for hydroxylation is 3. The van der Waals surface area contributed by atoms with Crippen molar-refractivity contribution in [2.75, 3.05) is 0 Å². The van der Waals surface area contributed by atoms with Crippen molar-refractivity contribution in [3.8, 4) is 11.8 Å². The quantitative estimate of drug-likeness (QED) is 0.314. The topological polar surface area (TPSA) is 42.9 Å². The van der Waals surface area contributed by atoms with E-state index in [-0.39, 0.29) is 5.78 Å². The van der Waals surface area contributed by atoms with Gasteiger partial charge in [-0.15, -0.1) is 5.92 Å². The Balaban J connectivity index is 0.000000235. The Labute approximate surface area is 242 Å². The number of Topliss-reactive ketones (excluding diaryl/α,β-unsaturated/α-hetero) is 1. The first-order valence-corrected chi connectivity index (χ1v) is 14.3. The molecule has 0 bridgehead atoms. The Morgan fingerprint density at radius 1 is 0.850 bits per heavy atom. The molecule has 2 aliphatic carbocycles. The Morgan fingerprint density at radius 2 is 1.52 bits per heavy atom. The summed E-state index contributed by atoms with van der Waals surface area (Å²) < 4.78 is 0. The highest BCUT2D eigenvalue weighted by molar-refractivity contribution is 5.89. The van der Waals surface area contributed by atoms with Crippen LogP contribution in [0, 0.1) is 32.6 Å². The molecule has 0 aliphatic heterocycles. The van der Waals surface area contributed by atoms with Gasteiger partial charge in [0, 0.05) is 31.7 Å². The highest BCUT2D eigenvalue weighted by Crippen LogP contribution is 2.32. The van der Waals surface area contributed by atoms with Gasteiger partial charge >= 0.3 is 0 Å². The molecule has 1 aromatic heterocycles. The third-order valence-electron chi connectivity index (χ3n) is 6.52. The van der Waals surface area contributed by atoms with E-state index in [9.17, 15) is 4.79 Å². The Kier molecular flexibility index (Phi) is 14.1. The Bertz CT molecular complexity index is 1380. The van der Waals surface area contributed by atoms with Crippen LogP contribution in [-0.2, 0) is 4.79 Å². The molecule has 3 aromatic rings. The summed E-state index contributed by atoms with van der Waals surface area (Å²) in [6, 6.07) is 17.3. The van der Waals surface area contributed by atoms with Crippen LogP contribution >= 0.6 is 0 Å². The van der Waals surface area contributed by atoms with E-state index in [0.29, 0.717) is 6.42 Å². The van der Waals surface area contributed by atoms with E-state index in [1.807, 2.05) is 40.1 Å². The minimum absolute atomic E-state index is 0.255. The molecule has 0 spiro atoms. The van der Waals surface area contributed by atoms with Gasteiger partial charge in [0.2, 0.25) is 0 Å². The smallest absolute Gasteiger partial charge is 0.154 e. The Hall–Kier alpha value is -4.03. The molecule has 0 saturated heterocycles. The lowest BCUT2D eigenvalue weighted by atomic mass is 10.0. The molecule has 40 heavy (non-hydrogen) atoms. The van der Waals surface area contributed by atoms with Crippen molar-refractivity contribution in [3.05, 3.63) is 113 Å². The predicted molar refractivity (Wildman–Crippen MR) is 172 cm³/mol. The summed E-state index contributed by atoms with van der Waals surface area (Å²) in [5.74, 6) is 7.28. The van der Waals surface area contributed by atoms with Gasteiger partial charge in [-0.2, -0.15) is 0 Å². The molecule has 0 radical (unpaired) electrons. The standard InChI is InChI=1S/C19H18.C12H12N2.C4H8O.C2H6/c1-14-8-9-17(12-15(14)2)19-11-10-18(13-19)16-6-4-3-5-7-16;1-10-8-13-12(14-9-10)11-6-4-2-3-5-7-11;1-3-4(2)5;1-2/h3-9,11-13H,10H2,1-2H3;6,8-9H,4-5,7H2,1H3;3H2,1-2H3;1-2H3. The SMILES string of the molecule is CC.CCC(C)=O.Cc1ccc(C2=CCC(c3ccccc3)=C2)cc1C.Cc1cnc(C2=CCC#CCC2)nc1. The summed E-state index contributed by atoms with van der Waals surface area (Å²) in [5, 5.41) is 0. The highest BCUT2D eigenvalue weighted by atomic mass is 16.1. The maximum Gasteiger partial charge on any atom is 0.154 e. The number of hydrogen-bond donors (Lipinski definition) is 0. The molecule has 208 valence electrons.